The molecule has 2 aromatic heterocycles. The minimum atomic E-state index is -1.00. The van der Waals surface area contributed by atoms with E-state index in [9.17, 15) is 19.2 Å². The maximum Gasteiger partial charge on any atom is 0.243 e. The standard InChI is InChI=1S/C35H40N10O4/c36-16-6-5-11-29(45-35(49)30(44-31(46)18-37)17-24-19-38-21-40-24)34(48)39-20-32(47)41-22-12-14-23(15-13-22)42-33-25-7-1-3-9-27(25)43-28-10-4-2-8-26(28)33/h1-4,7-10,12-15,19,21,29-30H,5-6,11,16-18,20,36-37H2,(H,38,40)(H,39,48)(H,41,47)(H,42,43)(H,44,46)(H,45,49)/t29-,30-/m0/s1. The number of anilines is 3. The van der Waals surface area contributed by atoms with Crippen molar-refractivity contribution in [2.75, 3.05) is 30.3 Å². The van der Waals surface area contributed by atoms with Crippen LogP contribution in [0.5, 0.6) is 0 Å². The Morgan fingerprint density at radius 1 is 0.755 bits per heavy atom. The number of fused-ring (bicyclic) bond motifs is 2. The summed E-state index contributed by atoms with van der Waals surface area (Å²) in [5.41, 5.74) is 15.7. The molecule has 0 saturated heterocycles. The van der Waals surface area contributed by atoms with Gasteiger partial charge in [0.1, 0.15) is 12.1 Å². The van der Waals surface area contributed by atoms with E-state index in [4.69, 9.17) is 16.5 Å². The monoisotopic (exact) mass is 664 g/mol. The fraction of sp³-hybridized carbons (Fsp3) is 0.257. The number of para-hydroxylation sites is 2. The quantitative estimate of drug-likeness (QED) is 0.0571. The number of benzene rings is 3. The Morgan fingerprint density at radius 3 is 2.06 bits per heavy atom. The van der Waals surface area contributed by atoms with Gasteiger partial charge in [-0.3, -0.25) is 19.2 Å². The Morgan fingerprint density at radius 2 is 1.43 bits per heavy atom. The van der Waals surface area contributed by atoms with Gasteiger partial charge in [0.2, 0.25) is 23.6 Å². The van der Waals surface area contributed by atoms with Crippen LogP contribution in [0.2, 0.25) is 0 Å². The van der Waals surface area contributed by atoms with E-state index in [0.717, 1.165) is 33.2 Å². The number of aromatic nitrogens is 3. The summed E-state index contributed by atoms with van der Waals surface area (Å²) in [6.07, 6.45) is 4.59. The van der Waals surface area contributed by atoms with Gasteiger partial charge in [-0.15, -0.1) is 0 Å². The molecule has 254 valence electrons. The Bertz CT molecular complexity index is 1840. The van der Waals surface area contributed by atoms with E-state index >= 15 is 0 Å². The van der Waals surface area contributed by atoms with Gasteiger partial charge in [-0.25, -0.2) is 9.97 Å². The minimum absolute atomic E-state index is 0.112. The maximum atomic E-state index is 13.2. The van der Waals surface area contributed by atoms with Gasteiger partial charge < -0.3 is 43.0 Å². The van der Waals surface area contributed by atoms with Gasteiger partial charge in [-0.2, -0.15) is 0 Å². The van der Waals surface area contributed by atoms with Gasteiger partial charge in [0.15, 0.2) is 0 Å². The highest BCUT2D eigenvalue weighted by molar-refractivity contribution is 6.08. The number of H-pyrrole nitrogens is 1. The number of aromatic amines is 1. The summed E-state index contributed by atoms with van der Waals surface area (Å²) in [7, 11) is 0. The van der Waals surface area contributed by atoms with Crippen molar-refractivity contribution in [1.82, 2.24) is 30.9 Å². The van der Waals surface area contributed by atoms with Crippen molar-refractivity contribution in [3.8, 4) is 0 Å². The third-order valence-corrected chi connectivity index (χ3v) is 7.84. The first-order chi connectivity index (χ1) is 23.8. The molecule has 4 amide bonds. The summed E-state index contributed by atoms with van der Waals surface area (Å²) < 4.78 is 0. The summed E-state index contributed by atoms with van der Waals surface area (Å²) in [6.45, 7) is -0.205. The molecular weight excluding hydrogens is 624 g/mol. The highest BCUT2D eigenvalue weighted by Gasteiger charge is 2.27. The van der Waals surface area contributed by atoms with E-state index in [1.165, 1.54) is 12.5 Å². The van der Waals surface area contributed by atoms with E-state index < -0.39 is 35.7 Å². The average Bonchev–Trinajstić information content (AvgIpc) is 3.63. The molecule has 3 aromatic carbocycles. The van der Waals surface area contributed by atoms with Gasteiger partial charge >= 0.3 is 0 Å². The van der Waals surface area contributed by atoms with Gasteiger partial charge in [-0.1, -0.05) is 36.4 Å². The normalized spacial score (nSPS) is 12.2. The summed E-state index contributed by atoms with van der Waals surface area (Å²) in [5, 5.41) is 16.2. The summed E-state index contributed by atoms with van der Waals surface area (Å²) in [5.74, 6) is -2.08. The second kappa shape index (κ2) is 16.8. The molecule has 14 nitrogen and oxygen atoms in total. The first-order valence-corrected chi connectivity index (χ1v) is 16.0. The van der Waals surface area contributed by atoms with Crippen molar-refractivity contribution < 1.29 is 19.2 Å². The number of unbranched alkanes of at least 4 members (excludes halogenated alkanes) is 1. The number of rotatable bonds is 16. The molecule has 0 unspecified atom stereocenters. The van der Waals surface area contributed by atoms with Crippen molar-refractivity contribution in [2.45, 2.75) is 37.8 Å². The summed E-state index contributed by atoms with van der Waals surface area (Å²) in [4.78, 5) is 62.8. The molecule has 0 aliphatic carbocycles. The molecule has 0 fully saturated rings. The van der Waals surface area contributed by atoms with Crippen LogP contribution in [0.15, 0.2) is 85.3 Å². The van der Waals surface area contributed by atoms with Crippen molar-refractivity contribution >= 4 is 62.5 Å². The van der Waals surface area contributed by atoms with Crippen molar-refractivity contribution in [2.24, 2.45) is 11.5 Å². The number of pyridine rings is 1. The first-order valence-electron chi connectivity index (χ1n) is 16.0. The molecule has 0 saturated carbocycles. The second-order valence-electron chi connectivity index (χ2n) is 11.4. The lowest BCUT2D eigenvalue weighted by atomic mass is 10.1. The Kier molecular flexibility index (Phi) is 11.8. The number of nitrogens with zero attached hydrogens (tertiary/aromatic N) is 2. The van der Waals surface area contributed by atoms with Crippen LogP contribution in [-0.4, -0.2) is 70.3 Å². The number of nitrogens with two attached hydrogens (primary N) is 2. The molecule has 0 aliphatic rings. The Labute approximate surface area is 282 Å². The van der Waals surface area contributed by atoms with Gasteiger partial charge in [0.25, 0.3) is 0 Å². The van der Waals surface area contributed by atoms with Crippen LogP contribution in [0.1, 0.15) is 25.0 Å². The van der Waals surface area contributed by atoms with Gasteiger partial charge in [-0.05, 0) is 62.2 Å². The van der Waals surface area contributed by atoms with Crippen LogP contribution in [0.3, 0.4) is 0 Å². The average molecular weight is 665 g/mol. The van der Waals surface area contributed by atoms with Crippen molar-refractivity contribution in [1.29, 1.82) is 0 Å². The number of carbonyl (C=O) groups is 4. The lowest BCUT2D eigenvalue weighted by molar-refractivity contribution is -0.132. The predicted octanol–water partition coefficient (Wildman–Crippen LogP) is 2.21. The zero-order valence-corrected chi connectivity index (χ0v) is 26.9. The molecule has 0 spiro atoms. The lowest BCUT2D eigenvalue weighted by Gasteiger charge is -2.23. The Hall–Kier alpha value is -5.86. The van der Waals surface area contributed by atoms with Crippen LogP contribution in [0.4, 0.5) is 17.1 Å². The van der Waals surface area contributed by atoms with E-state index in [-0.39, 0.29) is 25.9 Å². The molecule has 49 heavy (non-hydrogen) atoms. The molecule has 10 N–H and O–H groups in total. The number of imidazole rings is 1. The summed E-state index contributed by atoms with van der Waals surface area (Å²) >= 11 is 0. The predicted molar refractivity (Wildman–Crippen MR) is 189 cm³/mol. The Balaban J connectivity index is 1.19. The minimum Gasteiger partial charge on any atom is -0.354 e. The van der Waals surface area contributed by atoms with Gasteiger partial charge in [0, 0.05) is 40.5 Å². The third-order valence-electron chi connectivity index (χ3n) is 7.84. The van der Waals surface area contributed by atoms with E-state index in [0.29, 0.717) is 30.8 Å². The molecule has 0 bridgehead atoms. The molecule has 2 heterocycles. The second-order valence-corrected chi connectivity index (χ2v) is 11.4. The molecule has 0 aliphatic heterocycles. The van der Waals surface area contributed by atoms with Crippen LogP contribution in [-0.2, 0) is 25.6 Å². The van der Waals surface area contributed by atoms with Crippen LogP contribution in [0, 0.1) is 0 Å². The van der Waals surface area contributed by atoms with Crippen LogP contribution >= 0.6 is 0 Å². The smallest absolute Gasteiger partial charge is 0.243 e. The van der Waals surface area contributed by atoms with Crippen LogP contribution < -0.4 is 38.1 Å². The molecule has 5 rings (SSSR count). The topological polar surface area (TPSA) is 222 Å². The zero-order valence-electron chi connectivity index (χ0n) is 26.9. The largest absolute Gasteiger partial charge is 0.354 e. The number of hydrogen-bond donors (Lipinski definition) is 8. The molecule has 2 atom stereocenters. The third kappa shape index (κ3) is 9.37. The van der Waals surface area contributed by atoms with Crippen molar-refractivity contribution in [3.05, 3.63) is 91.0 Å². The van der Waals surface area contributed by atoms with E-state index in [1.807, 2.05) is 60.7 Å². The number of carbonyl (C=O) groups excluding carboxylic acids is 4. The first kappa shape index (κ1) is 34.5. The van der Waals surface area contributed by atoms with Crippen molar-refractivity contribution in [3.63, 3.8) is 0 Å². The molecular formula is C35H40N10O4. The maximum absolute atomic E-state index is 13.2. The number of amides is 4. The number of hydrogen-bond acceptors (Lipinski definition) is 9. The highest BCUT2D eigenvalue weighted by atomic mass is 16.2. The SMILES string of the molecule is NCCCC[C@H](NC(=O)[C@H](Cc1cnc[nH]1)NC(=O)CN)C(=O)NCC(=O)Nc1ccc(Nc2c3ccccc3nc3ccccc23)cc1. The molecule has 5 aromatic rings. The molecule has 14 heteroatoms. The molecule has 0 radical (unpaired) electrons. The fourth-order valence-electron chi connectivity index (χ4n) is 5.36. The lowest BCUT2D eigenvalue weighted by Crippen LogP contribution is -2.55. The summed E-state index contributed by atoms with van der Waals surface area (Å²) in [6, 6.07) is 21.1. The van der Waals surface area contributed by atoms with Gasteiger partial charge in [0.05, 0.1) is 36.1 Å². The zero-order chi connectivity index (χ0) is 34.6. The fourth-order valence-corrected chi connectivity index (χ4v) is 5.36. The number of nitrogens with one attached hydrogen (secondary N) is 6. The van der Waals surface area contributed by atoms with E-state index in [2.05, 4.69) is 36.6 Å². The van der Waals surface area contributed by atoms with E-state index in [1.54, 1.807) is 12.1 Å². The highest BCUT2D eigenvalue weighted by Crippen LogP contribution is 2.33. The van der Waals surface area contributed by atoms with Crippen LogP contribution in [0.25, 0.3) is 21.8 Å².